The lowest BCUT2D eigenvalue weighted by atomic mass is 10.2. The summed E-state index contributed by atoms with van der Waals surface area (Å²) in [5, 5.41) is 2.89. The second kappa shape index (κ2) is 11.1. The summed E-state index contributed by atoms with van der Waals surface area (Å²) in [7, 11) is -1.92. The molecule has 0 aliphatic heterocycles. The Labute approximate surface area is 177 Å². The van der Waals surface area contributed by atoms with Crippen LogP contribution < -0.4 is 14.4 Å². The molecule has 0 aliphatic carbocycles. The van der Waals surface area contributed by atoms with Crippen LogP contribution in [0.3, 0.4) is 0 Å². The third-order valence-corrected chi connectivity index (χ3v) is 6.43. The van der Waals surface area contributed by atoms with E-state index in [-0.39, 0.29) is 18.9 Å². The van der Waals surface area contributed by atoms with Gasteiger partial charge < -0.3 is 10.1 Å². The molecule has 0 fully saturated rings. The topological polar surface area (TPSA) is 75.7 Å². The molecule has 0 saturated carbocycles. The van der Waals surface area contributed by atoms with Gasteiger partial charge in [-0.1, -0.05) is 23.8 Å². The summed E-state index contributed by atoms with van der Waals surface area (Å²) in [6.07, 6.45) is 1.86. The number of benzene rings is 2. The lowest BCUT2D eigenvalue weighted by molar-refractivity contribution is -0.121. The van der Waals surface area contributed by atoms with Crippen LogP contribution in [0, 0.1) is 6.92 Å². The Morgan fingerprint density at radius 3 is 2.55 bits per heavy atom. The van der Waals surface area contributed by atoms with Crippen molar-refractivity contribution in [1.29, 1.82) is 0 Å². The number of carbonyl (C=O) groups is 1. The number of thioether (sulfide) groups is 1. The van der Waals surface area contributed by atoms with Crippen molar-refractivity contribution in [3.05, 3.63) is 54.1 Å². The van der Waals surface area contributed by atoms with Gasteiger partial charge >= 0.3 is 0 Å². The molecule has 158 valence electrons. The minimum absolute atomic E-state index is 0.0754. The number of nitrogens with zero attached hydrogens (tertiary/aromatic N) is 1. The first-order valence-corrected chi connectivity index (χ1v) is 12.2. The van der Waals surface area contributed by atoms with Crippen LogP contribution in [-0.4, -0.2) is 46.5 Å². The van der Waals surface area contributed by atoms with E-state index in [1.807, 2.05) is 6.92 Å². The zero-order chi connectivity index (χ0) is 21.3. The fourth-order valence-corrected chi connectivity index (χ4v) is 4.44. The maximum Gasteiger partial charge on any atom is 0.232 e. The van der Waals surface area contributed by atoms with E-state index in [1.165, 1.54) is 21.9 Å². The molecule has 0 radical (unpaired) electrons. The van der Waals surface area contributed by atoms with Crippen molar-refractivity contribution in [3.63, 3.8) is 0 Å². The van der Waals surface area contributed by atoms with Crippen molar-refractivity contribution >= 4 is 33.4 Å². The molecule has 0 unspecified atom stereocenters. The molecule has 2 rings (SSSR count). The van der Waals surface area contributed by atoms with Crippen molar-refractivity contribution in [2.75, 3.05) is 36.5 Å². The molecule has 2 aromatic carbocycles. The summed E-state index contributed by atoms with van der Waals surface area (Å²) >= 11 is 1.69. The highest BCUT2D eigenvalue weighted by Gasteiger charge is 2.18. The van der Waals surface area contributed by atoms with Gasteiger partial charge in [0.1, 0.15) is 5.75 Å². The maximum absolute atomic E-state index is 12.2. The Morgan fingerprint density at radius 1 is 1.17 bits per heavy atom. The second-order valence-corrected chi connectivity index (χ2v) is 9.73. The van der Waals surface area contributed by atoms with Gasteiger partial charge in [-0.05, 0) is 37.6 Å². The van der Waals surface area contributed by atoms with E-state index < -0.39 is 10.0 Å². The zero-order valence-electron chi connectivity index (χ0n) is 17.1. The van der Waals surface area contributed by atoms with Gasteiger partial charge in [-0.15, -0.1) is 11.8 Å². The number of methoxy groups -OCH3 is 1. The van der Waals surface area contributed by atoms with Crippen molar-refractivity contribution in [3.8, 4) is 5.75 Å². The number of rotatable bonds is 11. The minimum atomic E-state index is -3.45. The van der Waals surface area contributed by atoms with E-state index in [1.54, 1.807) is 36.0 Å². The largest absolute Gasteiger partial charge is 0.497 e. The number of aryl methyl sites for hydroxylation is 1. The SMILES string of the molecule is COc1cccc(N(CCCC(=O)NCCSc2ccc(C)cc2)S(C)(=O)=O)c1. The van der Waals surface area contributed by atoms with Crippen LogP contribution in [0.1, 0.15) is 18.4 Å². The van der Waals surface area contributed by atoms with Crippen LogP contribution in [0.25, 0.3) is 0 Å². The Kier molecular flexibility index (Phi) is 8.85. The van der Waals surface area contributed by atoms with Gasteiger partial charge in [0.15, 0.2) is 0 Å². The molecular weight excluding hydrogens is 408 g/mol. The normalized spacial score (nSPS) is 11.1. The summed E-state index contributed by atoms with van der Waals surface area (Å²) in [5.41, 5.74) is 1.75. The summed E-state index contributed by atoms with van der Waals surface area (Å²) in [6.45, 7) is 2.86. The van der Waals surface area contributed by atoms with Crippen molar-refractivity contribution in [2.45, 2.75) is 24.7 Å². The standard InChI is InChI=1S/C21H28N2O4S2/c1-17-9-11-20(12-10-17)28-15-13-22-21(24)8-5-14-23(29(3,25)26)18-6-4-7-19(16-18)27-2/h4,6-7,9-12,16H,5,8,13-15H2,1-3H3,(H,22,24). The van der Waals surface area contributed by atoms with Gasteiger partial charge in [-0.2, -0.15) is 0 Å². The summed E-state index contributed by atoms with van der Waals surface area (Å²) < 4.78 is 30.8. The van der Waals surface area contributed by atoms with Crippen molar-refractivity contribution in [1.82, 2.24) is 5.32 Å². The summed E-state index contributed by atoms with van der Waals surface area (Å²) in [5.74, 6) is 1.29. The van der Waals surface area contributed by atoms with Crippen molar-refractivity contribution < 1.29 is 17.9 Å². The minimum Gasteiger partial charge on any atom is -0.497 e. The van der Waals surface area contributed by atoms with Crippen LogP contribution in [0.15, 0.2) is 53.4 Å². The molecule has 0 saturated heterocycles. The van der Waals surface area contributed by atoms with E-state index in [0.29, 0.717) is 24.4 Å². The van der Waals surface area contributed by atoms with Crippen LogP contribution in [0.5, 0.6) is 5.75 Å². The fourth-order valence-electron chi connectivity index (χ4n) is 2.72. The van der Waals surface area contributed by atoms with E-state index >= 15 is 0 Å². The number of hydrogen-bond donors (Lipinski definition) is 1. The van der Waals surface area contributed by atoms with Crippen LogP contribution in [-0.2, 0) is 14.8 Å². The Balaban J connectivity index is 1.76. The molecule has 0 aromatic heterocycles. The molecular formula is C21H28N2O4S2. The monoisotopic (exact) mass is 436 g/mol. The quantitative estimate of drug-likeness (QED) is 0.431. The highest BCUT2D eigenvalue weighted by atomic mass is 32.2. The third kappa shape index (κ3) is 7.98. The molecule has 0 atom stereocenters. The molecule has 0 aliphatic rings. The number of hydrogen-bond acceptors (Lipinski definition) is 5. The van der Waals surface area contributed by atoms with Crippen LogP contribution in [0.2, 0.25) is 0 Å². The molecule has 2 aromatic rings. The Hall–Kier alpha value is -2.19. The summed E-state index contributed by atoms with van der Waals surface area (Å²) in [4.78, 5) is 13.2. The average Bonchev–Trinajstić information content (AvgIpc) is 2.69. The zero-order valence-corrected chi connectivity index (χ0v) is 18.7. The van der Waals surface area contributed by atoms with Gasteiger partial charge in [0.05, 0.1) is 19.1 Å². The molecule has 1 N–H and O–H groups in total. The van der Waals surface area contributed by atoms with E-state index in [4.69, 9.17) is 4.74 Å². The van der Waals surface area contributed by atoms with Gasteiger partial charge in [0.2, 0.25) is 15.9 Å². The van der Waals surface area contributed by atoms with Gasteiger partial charge in [-0.25, -0.2) is 8.42 Å². The lowest BCUT2D eigenvalue weighted by Gasteiger charge is -2.22. The van der Waals surface area contributed by atoms with Crippen molar-refractivity contribution in [2.24, 2.45) is 0 Å². The predicted molar refractivity (Wildman–Crippen MR) is 119 cm³/mol. The van der Waals surface area contributed by atoms with E-state index in [0.717, 1.165) is 12.0 Å². The first-order valence-electron chi connectivity index (χ1n) is 9.37. The van der Waals surface area contributed by atoms with E-state index in [2.05, 4.69) is 29.6 Å². The van der Waals surface area contributed by atoms with Crippen LogP contribution >= 0.6 is 11.8 Å². The molecule has 0 bridgehead atoms. The molecule has 1 amide bonds. The van der Waals surface area contributed by atoms with Gasteiger partial charge in [-0.3, -0.25) is 9.10 Å². The predicted octanol–water partition coefficient (Wildman–Crippen LogP) is 3.46. The average molecular weight is 437 g/mol. The number of amides is 1. The highest BCUT2D eigenvalue weighted by Crippen LogP contribution is 2.23. The summed E-state index contributed by atoms with van der Waals surface area (Å²) in [6, 6.07) is 15.2. The molecule has 0 heterocycles. The molecule has 29 heavy (non-hydrogen) atoms. The number of nitrogens with one attached hydrogen (secondary N) is 1. The molecule has 0 spiro atoms. The first-order chi connectivity index (χ1) is 13.8. The third-order valence-electron chi connectivity index (χ3n) is 4.22. The molecule has 6 nitrogen and oxygen atoms in total. The number of carbonyl (C=O) groups excluding carboxylic acids is 1. The lowest BCUT2D eigenvalue weighted by Crippen LogP contribution is -2.32. The van der Waals surface area contributed by atoms with E-state index in [9.17, 15) is 13.2 Å². The highest BCUT2D eigenvalue weighted by molar-refractivity contribution is 7.99. The maximum atomic E-state index is 12.2. The number of ether oxygens (including phenoxy) is 1. The second-order valence-electron chi connectivity index (χ2n) is 6.65. The van der Waals surface area contributed by atoms with Gasteiger partial charge in [0.25, 0.3) is 0 Å². The number of anilines is 1. The first kappa shape index (κ1) is 23.1. The van der Waals surface area contributed by atoms with Crippen LogP contribution in [0.4, 0.5) is 5.69 Å². The fraction of sp³-hybridized carbons (Fsp3) is 0.381. The Bertz CT molecular complexity index is 899. The Morgan fingerprint density at radius 2 is 1.90 bits per heavy atom. The molecule has 8 heteroatoms. The van der Waals surface area contributed by atoms with Gasteiger partial charge in [0, 0.05) is 36.2 Å². The smallest absolute Gasteiger partial charge is 0.232 e. The number of sulfonamides is 1.